The van der Waals surface area contributed by atoms with E-state index in [0.717, 1.165) is 23.3 Å². The van der Waals surface area contributed by atoms with E-state index in [1.807, 2.05) is 0 Å². The van der Waals surface area contributed by atoms with Crippen molar-refractivity contribution in [1.82, 2.24) is 20.9 Å². The summed E-state index contributed by atoms with van der Waals surface area (Å²) in [6.07, 6.45) is 2.33. The van der Waals surface area contributed by atoms with Gasteiger partial charge in [0.15, 0.2) is 0 Å². The summed E-state index contributed by atoms with van der Waals surface area (Å²) in [6.45, 7) is 1.29. The molecular weight excluding hydrogens is 391 g/mol. The topological polar surface area (TPSA) is 108 Å². The van der Waals surface area contributed by atoms with E-state index < -0.39 is 40.9 Å². The minimum atomic E-state index is -1.27. The highest BCUT2D eigenvalue weighted by Crippen LogP contribution is 2.45. The molecule has 30 heavy (non-hydrogen) atoms. The van der Waals surface area contributed by atoms with E-state index >= 15 is 4.39 Å². The molecular formula is C21H23FN4O4. The largest absolute Gasteiger partial charge is 0.312 e. The number of nitrogens with one attached hydrogen (secondary N) is 3. The summed E-state index contributed by atoms with van der Waals surface area (Å²) < 4.78 is 15.2. The molecule has 1 aromatic carbocycles. The maximum absolute atomic E-state index is 15.2. The second-order valence-corrected chi connectivity index (χ2v) is 8.69. The van der Waals surface area contributed by atoms with E-state index in [-0.39, 0.29) is 24.0 Å². The van der Waals surface area contributed by atoms with Crippen LogP contribution >= 0.6 is 0 Å². The van der Waals surface area contributed by atoms with Crippen molar-refractivity contribution in [2.75, 3.05) is 13.1 Å². The van der Waals surface area contributed by atoms with Crippen molar-refractivity contribution in [2.24, 2.45) is 0 Å². The van der Waals surface area contributed by atoms with Gasteiger partial charge in [0, 0.05) is 26.1 Å². The highest BCUT2D eigenvalue weighted by molar-refractivity contribution is 6.23. The third-order valence-electron chi connectivity index (χ3n) is 7.00. The standard InChI is InChI=1S/C21H23FN4O4/c22-20-6-1-7-21(20,11-23-10-20)24-9-12-2-3-13-14(8-12)19(30)26(18(13)29)15-4-5-16(27)25-17(15)28/h2-3,8,15,23-24H,1,4-7,9-11H2,(H,25,27,28)/t15?,20-,21+/m0/s1. The molecule has 0 aromatic heterocycles. The predicted molar refractivity (Wildman–Crippen MR) is 103 cm³/mol. The highest BCUT2D eigenvalue weighted by Gasteiger charge is 2.58. The summed E-state index contributed by atoms with van der Waals surface area (Å²) in [5.41, 5.74) is -0.614. The molecule has 8 nitrogen and oxygen atoms in total. The molecule has 3 fully saturated rings. The van der Waals surface area contributed by atoms with Gasteiger partial charge in [-0.05, 0) is 43.4 Å². The number of benzene rings is 1. The van der Waals surface area contributed by atoms with Crippen molar-refractivity contribution in [3.63, 3.8) is 0 Å². The first-order valence-corrected chi connectivity index (χ1v) is 10.3. The van der Waals surface area contributed by atoms with Crippen LogP contribution in [-0.2, 0) is 16.1 Å². The summed E-state index contributed by atoms with van der Waals surface area (Å²) in [7, 11) is 0. The molecule has 3 aliphatic heterocycles. The Hall–Kier alpha value is -2.65. The second kappa shape index (κ2) is 6.68. The molecule has 9 heteroatoms. The minimum absolute atomic E-state index is 0.0834. The molecule has 3 heterocycles. The lowest BCUT2D eigenvalue weighted by Gasteiger charge is -2.34. The van der Waals surface area contributed by atoms with Crippen molar-refractivity contribution in [3.05, 3.63) is 34.9 Å². The van der Waals surface area contributed by atoms with E-state index in [1.54, 1.807) is 18.2 Å². The summed E-state index contributed by atoms with van der Waals surface area (Å²) >= 11 is 0. The molecule has 0 radical (unpaired) electrons. The molecule has 1 aliphatic carbocycles. The van der Waals surface area contributed by atoms with Gasteiger partial charge in [-0.2, -0.15) is 0 Å². The first-order chi connectivity index (χ1) is 14.3. The van der Waals surface area contributed by atoms with Gasteiger partial charge in [-0.3, -0.25) is 29.4 Å². The van der Waals surface area contributed by atoms with Crippen molar-refractivity contribution in [2.45, 2.75) is 55.9 Å². The Morgan fingerprint density at radius 3 is 2.70 bits per heavy atom. The summed E-state index contributed by atoms with van der Waals surface area (Å²) in [5.74, 6) is -2.09. The van der Waals surface area contributed by atoms with E-state index in [0.29, 0.717) is 26.1 Å². The Morgan fingerprint density at radius 2 is 1.90 bits per heavy atom. The number of hydrogen-bond acceptors (Lipinski definition) is 6. The Balaban J connectivity index is 1.35. The number of rotatable bonds is 4. The number of hydrogen-bond donors (Lipinski definition) is 3. The normalized spacial score (nSPS) is 33.1. The van der Waals surface area contributed by atoms with Gasteiger partial charge in [0.25, 0.3) is 11.8 Å². The van der Waals surface area contributed by atoms with E-state index in [4.69, 9.17) is 0 Å². The number of piperidine rings is 1. The number of amides is 4. The van der Waals surface area contributed by atoms with Crippen LogP contribution < -0.4 is 16.0 Å². The quantitative estimate of drug-likeness (QED) is 0.616. The molecule has 1 unspecified atom stereocenters. The lowest BCUT2D eigenvalue weighted by molar-refractivity contribution is -0.136. The molecule has 5 rings (SSSR count). The predicted octanol–water partition coefficient (Wildman–Crippen LogP) is 0.412. The van der Waals surface area contributed by atoms with Gasteiger partial charge in [0.05, 0.1) is 16.7 Å². The minimum Gasteiger partial charge on any atom is -0.312 e. The van der Waals surface area contributed by atoms with Crippen LogP contribution in [0.1, 0.15) is 58.4 Å². The fourth-order valence-electron chi connectivity index (χ4n) is 5.32. The third-order valence-corrected chi connectivity index (χ3v) is 7.00. The van der Waals surface area contributed by atoms with E-state index in [2.05, 4.69) is 16.0 Å². The third kappa shape index (κ3) is 2.72. The van der Waals surface area contributed by atoms with Crippen molar-refractivity contribution in [3.8, 4) is 0 Å². The molecule has 0 bridgehead atoms. The smallest absolute Gasteiger partial charge is 0.262 e. The average Bonchev–Trinajstić information content (AvgIpc) is 3.28. The molecule has 4 aliphatic rings. The van der Waals surface area contributed by atoms with Crippen LogP contribution in [0.2, 0.25) is 0 Å². The van der Waals surface area contributed by atoms with Crippen LogP contribution in [0.25, 0.3) is 0 Å². The van der Waals surface area contributed by atoms with Gasteiger partial charge in [-0.1, -0.05) is 6.07 Å². The number of carbonyl (C=O) groups is 4. The Labute approximate surface area is 172 Å². The van der Waals surface area contributed by atoms with Gasteiger partial charge in [-0.25, -0.2) is 4.39 Å². The first kappa shape index (κ1) is 19.3. The number of imide groups is 2. The van der Waals surface area contributed by atoms with Crippen LogP contribution in [0.4, 0.5) is 4.39 Å². The van der Waals surface area contributed by atoms with Gasteiger partial charge in [0.2, 0.25) is 11.8 Å². The highest BCUT2D eigenvalue weighted by atomic mass is 19.1. The molecule has 1 aromatic rings. The maximum Gasteiger partial charge on any atom is 0.262 e. The lowest BCUT2D eigenvalue weighted by Crippen LogP contribution is -2.56. The molecule has 3 atom stereocenters. The summed E-state index contributed by atoms with van der Waals surface area (Å²) in [5, 5.41) is 8.70. The fraction of sp³-hybridized carbons (Fsp3) is 0.524. The molecule has 2 saturated heterocycles. The zero-order valence-corrected chi connectivity index (χ0v) is 16.4. The number of carbonyl (C=O) groups excluding carboxylic acids is 4. The zero-order chi connectivity index (χ0) is 21.1. The number of alkyl halides is 1. The van der Waals surface area contributed by atoms with E-state index in [1.165, 1.54) is 0 Å². The molecule has 4 amide bonds. The second-order valence-electron chi connectivity index (χ2n) is 8.69. The molecule has 3 N–H and O–H groups in total. The lowest BCUT2D eigenvalue weighted by atomic mass is 9.87. The van der Waals surface area contributed by atoms with Crippen LogP contribution in [0.3, 0.4) is 0 Å². The van der Waals surface area contributed by atoms with E-state index in [9.17, 15) is 19.2 Å². The number of nitrogens with zero attached hydrogens (tertiary/aromatic N) is 1. The number of halogens is 1. The van der Waals surface area contributed by atoms with Crippen molar-refractivity contribution >= 4 is 23.6 Å². The summed E-state index contributed by atoms with van der Waals surface area (Å²) in [6, 6.07) is 3.99. The average molecular weight is 414 g/mol. The van der Waals surface area contributed by atoms with Gasteiger partial charge in [0.1, 0.15) is 11.7 Å². The SMILES string of the molecule is O=C1CCC(N2C(=O)c3ccc(CN[C@@]45CCC[C@]4(F)CNC5)cc3C2=O)C(=O)N1. The fourth-order valence-corrected chi connectivity index (χ4v) is 5.32. The Morgan fingerprint density at radius 1 is 1.10 bits per heavy atom. The van der Waals surface area contributed by atoms with Crippen LogP contribution in [0.5, 0.6) is 0 Å². The Kier molecular flexibility index (Phi) is 4.30. The number of fused-ring (bicyclic) bond motifs is 2. The van der Waals surface area contributed by atoms with Gasteiger partial charge < -0.3 is 10.6 Å². The van der Waals surface area contributed by atoms with Crippen LogP contribution in [0.15, 0.2) is 18.2 Å². The summed E-state index contributed by atoms with van der Waals surface area (Å²) in [4.78, 5) is 50.2. The first-order valence-electron chi connectivity index (χ1n) is 10.3. The molecule has 158 valence electrons. The van der Waals surface area contributed by atoms with Gasteiger partial charge >= 0.3 is 0 Å². The van der Waals surface area contributed by atoms with Crippen LogP contribution in [-0.4, -0.2) is 58.9 Å². The van der Waals surface area contributed by atoms with Crippen LogP contribution in [0, 0.1) is 0 Å². The zero-order valence-electron chi connectivity index (χ0n) is 16.4. The van der Waals surface area contributed by atoms with Crippen molar-refractivity contribution < 1.29 is 23.6 Å². The maximum atomic E-state index is 15.2. The Bertz CT molecular complexity index is 968. The molecule has 0 spiro atoms. The van der Waals surface area contributed by atoms with Gasteiger partial charge in [-0.15, -0.1) is 0 Å². The molecule has 1 saturated carbocycles. The monoisotopic (exact) mass is 414 g/mol. The van der Waals surface area contributed by atoms with Crippen molar-refractivity contribution in [1.29, 1.82) is 0 Å².